The van der Waals surface area contributed by atoms with E-state index < -0.39 is 17.7 Å². The lowest BCUT2D eigenvalue weighted by atomic mass is 10.3. The number of nitrogens with zero attached hydrogens (tertiary/aromatic N) is 2. The zero-order chi connectivity index (χ0) is 15.2. The topological polar surface area (TPSA) is 92.2 Å². The Morgan fingerprint density at radius 3 is 2.67 bits per heavy atom. The van der Waals surface area contributed by atoms with Gasteiger partial charge < -0.3 is 10.4 Å². The summed E-state index contributed by atoms with van der Waals surface area (Å²) in [5.74, 6) is -2.41. The monoisotopic (exact) mass is 307 g/mol. The molecule has 1 aromatic carbocycles. The number of hydrogen-bond acceptors (Lipinski definition) is 5. The summed E-state index contributed by atoms with van der Waals surface area (Å²) in [6.07, 6.45) is 2.49. The lowest BCUT2D eigenvalue weighted by Gasteiger charge is -2.06. The number of amides is 1. The molecule has 0 atom stereocenters. The zero-order valence-electron chi connectivity index (χ0n) is 10.6. The largest absolute Gasteiger partial charge is 0.476 e. The van der Waals surface area contributed by atoms with E-state index in [0.717, 1.165) is 11.8 Å². The van der Waals surface area contributed by atoms with E-state index >= 15 is 0 Å². The molecule has 0 bridgehead atoms. The normalized spacial score (nSPS) is 10.1. The summed E-state index contributed by atoms with van der Waals surface area (Å²) in [5, 5.41) is 11.3. The number of carbonyl (C=O) groups excluding carboxylic acids is 1. The molecular formula is C13H10FN3O3S. The fourth-order valence-electron chi connectivity index (χ4n) is 1.46. The Morgan fingerprint density at radius 2 is 1.95 bits per heavy atom. The van der Waals surface area contributed by atoms with Crippen LogP contribution in [-0.4, -0.2) is 32.7 Å². The molecule has 1 amide bonds. The van der Waals surface area contributed by atoms with Gasteiger partial charge in [-0.25, -0.2) is 19.2 Å². The molecule has 0 radical (unpaired) electrons. The maximum Gasteiger partial charge on any atom is 0.358 e. The molecule has 2 aromatic rings. The quantitative estimate of drug-likeness (QED) is 0.821. The number of aromatic nitrogens is 2. The zero-order valence-corrected chi connectivity index (χ0v) is 11.4. The molecule has 1 heterocycles. The number of carboxylic acid groups (broad SMARTS) is 1. The number of halogens is 1. The van der Waals surface area contributed by atoms with Crippen LogP contribution in [0.25, 0.3) is 0 Å². The van der Waals surface area contributed by atoms with Crippen molar-refractivity contribution in [2.24, 2.45) is 0 Å². The van der Waals surface area contributed by atoms with E-state index in [1.54, 1.807) is 18.2 Å². The van der Waals surface area contributed by atoms with Crippen molar-refractivity contribution >= 4 is 29.5 Å². The molecule has 0 saturated carbocycles. The fourth-order valence-corrected chi connectivity index (χ4v) is 2.20. The molecule has 2 N–H and O–H groups in total. The first kappa shape index (κ1) is 14.9. The predicted molar refractivity (Wildman–Crippen MR) is 74.7 cm³/mol. The Labute approximate surface area is 123 Å². The van der Waals surface area contributed by atoms with Gasteiger partial charge >= 0.3 is 5.97 Å². The van der Waals surface area contributed by atoms with Crippen molar-refractivity contribution in [2.75, 3.05) is 11.1 Å². The highest BCUT2D eigenvalue weighted by atomic mass is 32.2. The first-order valence-corrected chi connectivity index (χ1v) is 6.78. The molecule has 2 rings (SSSR count). The van der Waals surface area contributed by atoms with Gasteiger partial charge in [-0.05, 0) is 12.1 Å². The number of carboxylic acids is 1. The van der Waals surface area contributed by atoms with Crippen LogP contribution in [0.4, 0.5) is 10.2 Å². The average molecular weight is 307 g/mol. The summed E-state index contributed by atoms with van der Waals surface area (Å²) in [5.41, 5.74) is -0.346. The van der Waals surface area contributed by atoms with Gasteiger partial charge in [0.25, 0.3) is 0 Å². The number of nitrogens with one attached hydrogen (secondary N) is 1. The number of carbonyl (C=O) groups is 2. The van der Waals surface area contributed by atoms with Gasteiger partial charge in [-0.1, -0.05) is 12.1 Å². The van der Waals surface area contributed by atoms with E-state index in [1.807, 2.05) is 0 Å². The molecule has 0 unspecified atom stereocenters. The molecule has 108 valence electrons. The molecule has 0 aliphatic heterocycles. The lowest BCUT2D eigenvalue weighted by Crippen LogP contribution is -2.18. The Balaban J connectivity index is 2.00. The molecule has 21 heavy (non-hydrogen) atoms. The summed E-state index contributed by atoms with van der Waals surface area (Å²) in [4.78, 5) is 30.4. The van der Waals surface area contributed by atoms with Gasteiger partial charge in [0.2, 0.25) is 5.91 Å². The second-order valence-electron chi connectivity index (χ2n) is 3.83. The molecule has 1 aromatic heterocycles. The highest BCUT2D eigenvalue weighted by Gasteiger charge is 2.15. The maximum atomic E-state index is 13.4. The second kappa shape index (κ2) is 6.80. The van der Waals surface area contributed by atoms with E-state index in [0.29, 0.717) is 4.90 Å². The molecule has 0 fully saturated rings. The highest BCUT2D eigenvalue weighted by molar-refractivity contribution is 8.00. The van der Waals surface area contributed by atoms with Gasteiger partial charge in [-0.2, -0.15) is 0 Å². The van der Waals surface area contributed by atoms with Gasteiger partial charge in [0, 0.05) is 17.3 Å². The molecule has 8 heteroatoms. The number of thioether (sulfide) groups is 1. The number of hydrogen-bond donors (Lipinski definition) is 2. The summed E-state index contributed by atoms with van der Waals surface area (Å²) in [6.45, 7) is 0. The van der Waals surface area contributed by atoms with Crippen LogP contribution in [-0.2, 0) is 4.79 Å². The average Bonchev–Trinajstić information content (AvgIpc) is 2.47. The third-order valence-electron chi connectivity index (χ3n) is 2.35. The molecular weight excluding hydrogens is 297 g/mol. The molecule has 0 spiro atoms. The van der Waals surface area contributed by atoms with Gasteiger partial charge in [0.05, 0.1) is 5.75 Å². The van der Waals surface area contributed by atoms with Gasteiger partial charge in [-0.15, -0.1) is 11.8 Å². The first-order chi connectivity index (χ1) is 10.1. The fraction of sp³-hybridized carbons (Fsp3) is 0.0769. The number of benzene rings is 1. The summed E-state index contributed by atoms with van der Waals surface area (Å²) >= 11 is 1.01. The SMILES string of the molecule is O=C(CSc1ccccc1F)Nc1nccnc1C(=O)O. The van der Waals surface area contributed by atoms with Crippen LogP contribution in [0.2, 0.25) is 0 Å². The molecule has 0 aliphatic rings. The standard InChI is InChI=1S/C13H10FN3O3S/c14-8-3-1-2-4-9(8)21-7-10(18)17-12-11(13(19)20)15-5-6-16-12/h1-6H,7H2,(H,19,20)(H,16,17,18). The Kier molecular flexibility index (Phi) is 4.83. The Hall–Kier alpha value is -2.48. The molecule has 0 saturated heterocycles. The van der Waals surface area contributed by atoms with E-state index in [1.165, 1.54) is 18.5 Å². The second-order valence-corrected chi connectivity index (χ2v) is 4.84. The smallest absolute Gasteiger partial charge is 0.358 e. The van der Waals surface area contributed by atoms with E-state index in [-0.39, 0.29) is 17.3 Å². The van der Waals surface area contributed by atoms with E-state index in [4.69, 9.17) is 5.11 Å². The van der Waals surface area contributed by atoms with Crippen molar-refractivity contribution in [1.82, 2.24) is 9.97 Å². The third kappa shape index (κ3) is 3.99. The van der Waals surface area contributed by atoms with Gasteiger partial charge in [0.15, 0.2) is 11.5 Å². The van der Waals surface area contributed by atoms with Crippen LogP contribution in [0.15, 0.2) is 41.6 Å². The van der Waals surface area contributed by atoms with Crippen molar-refractivity contribution in [3.05, 3.63) is 48.2 Å². The number of rotatable bonds is 5. The van der Waals surface area contributed by atoms with Crippen LogP contribution < -0.4 is 5.32 Å². The van der Waals surface area contributed by atoms with Crippen LogP contribution in [0.5, 0.6) is 0 Å². The molecule has 6 nitrogen and oxygen atoms in total. The Morgan fingerprint density at radius 1 is 1.24 bits per heavy atom. The number of anilines is 1. The minimum Gasteiger partial charge on any atom is -0.476 e. The predicted octanol–water partition coefficient (Wildman–Crippen LogP) is 2.04. The van der Waals surface area contributed by atoms with Gasteiger partial charge in [0.1, 0.15) is 5.82 Å². The van der Waals surface area contributed by atoms with Crippen LogP contribution in [0.1, 0.15) is 10.5 Å². The lowest BCUT2D eigenvalue weighted by molar-refractivity contribution is -0.113. The highest BCUT2D eigenvalue weighted by Crippen LogP contribution is 2.21. The van der Waals surface area contributed by atoms with Crippen molar-refractivity contribution in [3.8, 4) is 0 Å². The minimum absolute atomic E-state index is 0.0729. The van der Waals surface area contributed by atoms with E-state index in [2.05, 4.69) is 15.3 Å². The van der Waals surface area contributed by atoms with Crippen LogP contribution in [0.3, 0.4) is 0 Å². The van der Waals surface area contributed by atoms with Crippen molar-refractivity contribution in [1.29, 1.82) is 0 Å². The molecule has 0 aliphatic carbocycles. The summed E-state index contributed by atoms with van der Waals surface area (Å²) in [7, 11) is 0. The Bertz CT molecular complexity index is 681. The first-order valence-electron chi connectivity index (χ1n) is 5.79. The van der Waals surface area contributed by atoms with Crippen molar-refractivity contribution in [3.63, 3.8) is 0 Å². The van der Waals surface area contributed by atoms with Crippen LogP contribution >= 0.6 is 11.8 Å². The van der Waals surface area contributed by atoms with Crippen LogP contribution in [0, 0.1) is 5.82 Å². The van der Waals surface area contributed by atoms with E-state index in [9.17, 15) is 14.0 Å². The number of aromatic carboxylic acids is 1. The van der Waals surface area contributed by atoms with Crippen molar-refractivity contribution < 1.29 is 19.1 Å². The summed E-state index contributed by atoms with van der Waals surface area (Å²) < 4.78 is 13.4. The van der Waals surface area contributed by atoms with Crippen molar-refractivity contribution in [2.45, 2.75) is 4.90 Å². The minimum atomic E-state index is -1.29. The third-order valence-corrected chi connectivity index (χ3v) is 3.40. The maximum absolute atomic E-state index is 13.4. The summed E-state index contributed by atoms with van der Waals surface area (Å²) in [6, 6.07) is 6.07. The van der Waals surface area contributed by atoms with Gasteiger partial charge in [-0.3, -0.25) is 4.79 Å².